The molecule has 0 aromatic rings. The first-order valence-electron chi connectivity index (χ1n) is 5.30. The van der Waals surface area contributed by atoms with Crippen molar-refractivity contribution in [3.8, 4) is 0 Å². The maximum atomic E-state index is 5.64. The van der Waals surface area contributed by atoms with Crippen molar-refractivity contribution < 1.29 is 4.74 Å². The lowest BCUT2D eigenvalue weighted by Gasteiger charge is -2.10. The molecule has 0 amide bonds. The van der Waals surface area contributed by atoms with Crippen molar-refractivity contribution in [3.05, 3.63) is 0 Å². The van der Waals surface area contributed by atoms with E-state index in [1.54, 1.807) is 0 Å². The average Bonchev–Trinajstić information content (AvgIpc) is 2.03. The van der Waals surface area contributed by atoms with Crippen molar-refractivity contribution in [3.63, 3.8) is 0 Å². The van der Waals surface area contributed by atoms with Crippen molar-refractivity contribution in [2.24, 2.45) is 11.8 Å². The number of hydrogen-bond acceptors (Lipinski definition) is 1. The second-order valence-corrected chi connectivity index (χ2v) is 4.54. The lowest BCUT2D eigenvalue weighted by Crippen LogP contribution is -2.05. The molecule has 13 heavy (non-hydrogen) atoms. The van der Waals surface area contributed by atoms with Crippen molar-refractivity contribution in [2.45, 2.75) is 40.0 Å². The van der Waals surface area contributed by atoms with Crippen LogP contribution in [0.4, 0.5) is 0 Å². The van der Waals surface area contributed by atoms with Crippen LogP contribution in [-0.2, 0) is 4.74 Å². The van der Waals surface area contributed by atoms with Crippen LogP contribution < -0.4 is 0 Å². The first-order valence-corrected chi connectivity index (χ1v) is 5.84. The fraction of sp³-hybridized carbons (Fsp3) is 1.00. The molecule has 0 N–H and O–H groups in total. The molecule has 0 aliphatic rings. The van der Waals surface area contributed by atoms with Gasteiger partial charge in [0.2, 0.25) is 0 Å². The molecule has 0 aromatic carbocycles. The molecule has 0 saturated heterocycles. The summed E-state index contributed by atoms with van der Waals surface area (Å²) in [5.41, 5.74) is 0. The minimum absolute atomic E-state index is 0.705. The van der Waals surface area contributed by atoms with E-state index in [-0.39, 0.29) is 0 Å². The summed E-state index contributed by atoms with van der Waals surface area (Å²) in [6.07, 6.45) is 3.42. The van der Waals surface area contributed by atoms with Gasteiger partial charge in [-0.2, -0.15) is 0 Å². The number of halogens is 1. The van der Waals surface area contributed by atoms with Gasteiger partial charge in [0.1, 0.15) is 0 Å². The first kappa shape index (κ1) is 13.2. The third-order valence-corrected chi connectivity index (χ3v) is 2.41. The molecule has 0 heterocycles. The molecule has 1 nitrogen and oxygen atoms in total. The van der Waals surface area contributed by atoms with Gasteiger partial charge in [-0.15, -0.1) is 11.6 Å². The lowest BCUT2D eigenvalue weighted by atomic mass is 10.1. The molecule has 2 heteroatoms. The van der Waals surface area contributed by atoms with E-state index >= 15 is 0 Å². The molecule has 0 saturated carbocycles. The predicted octanol–water partition coefficient (Wildman–Crippen LogP) is 3.70. The summed E-state index contributed by atoms with van der Waals surface area (Å²) >= 11 is 5.64. The molecule has 0 radical (unpaired) electrons. The summed E-state index contributed by atoms with van der Waals surface area (Å²) in [4.78, 5) is 0. The zero-order valence-corrected chi connectivity index (χ0v) is 9.94. The van der Waals surface area contributed by atoms with Gasteiger partial charge in [-0.3, -0.25) is 0 Å². The van der Waals surface area contributed by atoms with Gasteiger partial charge in [-0.1, -0.05) is 20.8 Å². The molecule has 0 rings (SSSR count). The standard InChI is InChI=1S/C11H23ClO/c1-10(2)5-8-13-9-6-11(3)4-7-12/h10-11H,4-9H2,1-3H3. The monoisotopic (exact) mass is 206 g/mol. The van der Waals surface area contributed by atoms with E-state index in [2.05, 4.69) is 20.8 Å². The summed E-state index contributed by atoms with van der Waals surface area (Å²) in [5.74, 6) is 2.23. The predicted molar refractivity (Wildman–Crippen MR) is 59.4 cm³/mol. The van der Waals surface area contributed by atoms with E-state index in [9.17, 15) is 0 Å². The van der Waals surface area contributed by atoms with Gasteiger partial charge in [0.15, 0.2) is 0 Å². The summed E-state index contributed by atoms with van der Waals surface area (Å²) in [6, 6.07) is 0. The number of alkyl halides is 1. The van der Waals surface area contributed by atoms with Gasteiger partial charge < -0.3 is 4.74 Å². The normalized spacial score (nSPS) is 13.6. The van der Waals surface area contributed by atoms with Gasteiger partial charge in [-0.25, -0.2) is 0 Å². The quantitative estimate of drug-likeness (QED) is 0.435. The van der Waals surface area contributed by atoms with Gasteiger partial charge >= 0.3 is 0 Å². The van der Waals surface area contributed by atoms with Crippen molar-refractivity contribution in [1.82, 2.24) is 0 Å². The second kappa shape index (κ2) is 8.83. The minimum atomic E-state index is 0.705. The lowest BCUT2D eigenvalue weighted by molar-refractivity contribution is 0.112. The Kier molecular flexibility index (Phi) is 9.00. The van der Waals surface area contributed by atoms with E-state index in [4.69, 9.17) is 16.3 Å². The number of hydrogen-bond donors (Lipinski definition) is 0. The molecule has 1 atom stereocenters. The maximum absolute atomic E-state index is 5.64. The topological polar surface area (TPSA) is 9.23 Å². The van der Waals surface area contributed by atoms with Crippen LogP contribution in [0.15, 0.2) is 0 Å². The van der Waals surface area contributed by atoms with E-state index in [0.29, 0.717) is 5.92 Å². The molecule has 1 unspecified atom stereocenters. The third-order valence-electron chi connectivity index (χ3n) is 2.20. The van der Waals surface area contributed by atoms with Crippen LogP contribution >= 0.6 is 11.6 Å². The fourth-order valence-electron chi connectivity index (χ4n) is 1.04. The van der Waals surface area contributed by atoms with Crippen LogP contribution in [0.25, 0.3) is 0 Å². The Morgan fingerprint density at radius 1 is 1.00 bits per heavy atom. The largest absolute Gasteiger partial charge is 0.381 e. The smallest absolute Gasteiger partial charge is 0.0468 e. The highest BCUT2D eigenvalue weighted by molar-refractivity contribution is 6.17. The molecular weight excluding hydrogens is 184 g/mol. The summed E-state index contributed by atoms with van der Waals surface area (Å²) in [5, 5.41) is 0. The Labute approximate surface area is 87.8 Å². The summed E-state index contributed by atoms with van der Waals surface area (Å²) < 4.78 is 5.52. The summed E-state index contributed by atoms with van der Waals surface area (Å²) in [6.45, 7) is 8.48. The highest BCUT2D eigenvalue weighted by Crippen LogP contribution is 2.08. The van der Waals surface area contributed by atoms with Crippen molar-refractivity contribution >= 4 is 11.6 Å². The Hall–Kier alpha value is 0.250. The van der Waals surface area contributed by atoms with Gasteiger partial charge in [-0.05, 0) is 31.1 Å². The van der Waals surface area contributed by atoms with Gasteiger partial charge in [0.05, 0.1) is 0 Å². The first-order chi connectivity index (χ1) is 6.16. The molecule has 0 aromatic heterocycles. The zero-order valence-electron chi connectivity index (χ0n) is 9.18. The number of rotatable bonds is 8. The Balaban J connectivity index is 3.06. The molecular formula is C11H23ClO. The number of ether oxygens (including phenoxy) is 1. The Bertz CT molecular complexity index is 104. The molecule has 0 bridgehead atoms. The molecule has 80 valence electrons. The van der Waals surface area contributed by atoms with Crippen LogP contribution in [0.5, 0.6) is 0 Å². The molecule has 0 spiro atoms. The zero-order chi connectivity index (χ0) is 10.1. The van der Waals surface area contributed by atoms with Crippen LogP contribution in [0.1, 0.15) is 40.0 Å². The van der Waals surface area contributed by atoms with E-state index in [1.807, 2.05) is 0 Å². The Morgan fingerprint density at radius 3 is 2.15 bits per heavy atom. The van der Waals surface area contributed by atoms with Crippen molar-refractivity contribution in [1.29, 1.82) is 0 Å². The van der Waals surface area contributed by atoms with E-state index < -0.39 is 0 Å². The highest BCUT2D eigenvalue weighted by atomic mass is 35.5. The van der Waals surface area contributed by atoms with Crippen LogP contribution in [0.2, 0.25) is 0 Å². The highest BCUT2D eigenvalue weighted by Gasteiger charge is 2.00. The second-order valence-electron chi connectivity index (χ2n) is 4.17. The average molecular weight is 207 g/mol. The molecule has 0 aliphatic carbocycles. The Morgan fingerprint density at radius 2 is 1.62 bits per heavy atom. The maximum Gasteiger partial charge on any atom is 0.0468 e. The van der Waals surface area contributed by atoms with E-state index in [0.717, 1.165) is 37.9 Å². The van der Waals surface area contributed by atoms with Gasteiger partial charge in [0, 0.05) is 19.1 Å². The molecule has 0 fully saturated rings. The third kappa shape index (κ3) is 10.2. The molecule has 0 aliphatic heterocycles. The van der Waals surface area contributed by atoms with Crippen molar-refractivity contribution in [2.75, 3.05) is 19.1 Å². The fourth-order valence-corrected chi connectivity index (χ4v) is 1.41. The minimum Gasteiger partial charge on any atom is -0.381 e. The van der Waals surface area contributed by atoms with Gasteiger partial charge in [0.25, 0.3) is 0 Å². The van der Waals surface area contributed by atoms with E-state index in [1.165, 1.54) is 6.42 Å². The van der Waals surface area contributed by atoms with Crippen LogP contribution in [-0.4, -0.2) is 19.1 Å². The van der Waals surface area contributed by atoms with Crippen LogP contribution in [0.3, 0.4) is 0 Å². The van der Waals surface area contributed by atoms with Crippen LogP contribution in [0, 0.1) is 11.8 Å². The SMILES string of the molecule is CC(C)CCOCCC(C)CCCl. The summed E-state index contributed by atoms with van der Waals surface area (Å²) in [7, 11) is 0.